The van der Waals surface area contributed by atoms with Gasteiger partial charge in [-0.05, 0) is 81.1 Å². The zero-order valence-corrected chi connectivity index (χ0v) is 19.9. The lowest BCUT2D eigenvalue weighted by molar-refractivity contribution is -0.117. The van der Waals surface area contributed by atoms with Gasteiger partial charge < -0.3 is 15.0 Å². The van der Waals surface area contributed by atoms with Gasteiger partial charge >= 0.3 is 0 Å². The van der Waals surface area contributed by atoms with E-state index in [4.69, 9.17) is 4.74 Å². The average Bonchev–Trinajstić information content (AvgIpc) is 2.78. The first-order valence-electron chi connectivity index (χ1n) is 11.2. The quantitative estimate of drug-likeness (QED) is 0.606. The molecule has 2 aromatic rings. The molecule has 3 rings (SSSR count). The van der Waals surface area contributed by atoms with E-state index in [2.05, 4.69) is 10.2 Å². The fourth-order valence-electron chi connectivity index (χ4n) is 4.05. The van der Waals surface area contributed by atoms with Gasteiger partial charge in [-0.25, -0.2) is 8.42 Å². The molecule has 1 aliphatic heterocycles. The molecule has 1 saturated heterocycles. The third kappa shape index (κ3) is 5.94. The van der Waals surface area contributed by atoms with Gasteiger partial charge in [-0.2, -0.15) is 0 Å². The molecule has 0 unspecified atom stereocenters. The lowest BCUT2D eigenvalue weighted by Crippen LogP contribution is -2.47. The Morgan fingerprint density at radius 3 is 2.19 bits per heavy atom. The van der Waals surface area contributed by atoms with Gasteiger partial charge in [0.25, 0.3) is 0 Å². The maximum Gasteiger partial charge on any atom is 0.248 e. The van der Waals surface area contributed by atoms with Crippen LogP contribution in [0.5, 0.6) is 5.75 Å². The molecule has 8 heteroatoms. The summed E-state index contributed by atoms with van der Waals surface area (Å²) in [7, 11) is -3.69. The van der Waals surface area contributed by atoms with Crippen molar-refractivity contribution in [3.63, 3.8) is 0 Å². The Balaban J connectivity index is 1.77. The van der Waals surface area contributed by atoms with Crippen LogP contribution in [0.4, 0.5) is 17.1 Å². The molecule has 2 aromatic carbocycles. The predicted molar refractivity (Wildman–Crippen MR) is 130 cm³/mol. The molecule has 1 heterocycles. The monoisotopic (exact) mass is 459 g/mol. The van der Waals surface area contributed by atoms with Gasteiger partial charge in [0.2, 0.25) is 15.9 Å². The number of anilines is 3. The second kappa shape index (κ2) is 10.7. The molecule has 7 nitrogen and oxygen atoms in total. The molecule has 1 aliphatic rings. The zero-order valence-electron chi connectivity index (χ0n) is 19.1. The third-order valence-electron chi connectivity index (χ3n) is 5.59. The van der Waals surface area contributed by atoms with E-state index >= 15 is 0 Å². The normalized spacial score (nSPS) is 15.2. The Bertz CT molecular complexity index is 985. The molecule has 0 bridgehead atoms. The standard InChI is InChI=1S/C24H33N3O4S/c1-4-23(27(32(3,29)30)21-13-15-22(16-14-21)31-5-2)24(28)25-19-9-11-20(12-10-19)26-17-7-6-8-18-26/h9-16,23H,4-8,17-18H2,1-3H3,(H,25,28)/t23-/m1/s1. The summed E-state index contributed by atoms with van der Waals surface area (Å²) in [4.78, 5) is 15.5. The number of amides is 1. The van der Waals surface area contributed by atoms with E-state index in [0.717, 1.165) is 25.0 Å². The molecule has 0 aliphatic carbocycles. The minimum Gasteiger partial charge on any atom is -0.494 e. The Hall–Kier alpha value is -2.74. The predicted octanol–water partition coefficient (Wildman–Crippen LogP) is 4.26. The van der Waals surface area contributed by atoms with Gasteiger partial charge in [0.05, 0.1) is 18.6 Å². The number of carbonyl (C=O) groups excluding carboxylic acids is 1. The number of hydrogen-bond donors (Lipinski definition) is 1. The molecule has 0 spiro atoms. The molecule has 1 atom stereocenters. The molecule has 174 valence electrons. The van der Waals surface area contributed by atoms with Crippen molar-refractivity contribution in [1.82, 2.24) is 0 Å². The number of hydrogen-bond acceptors (Lipinski definition) is 5. The van der Waals surface area contributed by atoms with E-state index in [1.165, 1.54) is 23.6 Å². The SMILES string of the molecule is CCOc1ccc(N([C@H](CC)C(=O)Nc2ccc(N3CCCCC3)cc2)S(C)(=O)=O)cc1. The summed E-state index contributed by atoms with van der Waals surface area (Å²) in [6.45, 7) is 6.30. The number of benzene rings is 2. The highest BCUT2D eigenvalue weighted by molar-refractivity contribution is 7.92. The summed E-state index contributed by atoms with van der Waals surface area (Å²) in [6, 6.07) is 13.6. The smallest absolute Gasteiger partial charge is 0.248 e. The average molecular weight is 460 g/mol. The van der Waals surface area contributed by atoms with Gasteiger partial charge in [0, 0.05) is 24.5 Å². The van der Waals surface area contributed by atoms with Crippen LogP contribution in [0.1, 0.15) is 39.5 Å². The number of ether oxygens (including phenoxy) is 1. The summed E-state index contributed by atoms with van der Waals surface area (Å²) in [6.07, 6.45) is 5.12. The van der Waals surface area contributed by atoms with Crippen LogP contribution < -0.4 is 19.3 Å². The van der Waals surface area contributed by atoms with Gasteiger partial charge in [-0.15, -0.1) is 0 Å². The Kier molecular flexibility index (Phi) is 8.01. The highest BCUT2D eigenvalue weighted by atomic mass is 32.2. The van der Waals surface area contributed by atoms with Crippen molar-refractivity contribution >= 4 is 33.0 Å². The highest BCUT2D eigenvalue weighted by Crippen LogP contribution is 2.26. The van der Waals surface area contributed by atoms with Crippen molar-refractivity contribution in [3.8, 4) is 5.75 Å². The maximum atomic E-state index is 13.1. The Labute approximate surface area is 191 Å². The summed E-state index contributed by atoms with van der Waals surface area (Å²) in [5, 5.41) is 2.89. The molecule has 1 amide bonds. The van der Waals surface area contributed by atoms with Crippen LogP contribution in [0, 0.1) is 0 Å². The number of nitrogens with zero attached hydrogens (tertiary/aromatic N) is 2. The third-order valence-corrected chi connectivity index (χ3v) is 6.77. The van der Waals surface area contributed by atoms with Crippen molar-refractivity contribution < 1.29 is 17.9 Å². The van der Waals surface area contributed by atoms with Gasteiger partial charge in [0.15, 0.2) is 0 Å². The van der Waals surface area contributed by atoms with Crippen LogP contribution in [-0.2, 0) is 14.8 Å². The molecular formula is C24H33N3O4S. The summed E-state index contributed by atoms with van der Waals surface area (Å²) >= 11 is 0. The Morgan fingerprint density at radius 1 is 1.03 bits per heavy atom. The van der Waals surface area contributed by atoms with E-state index in [9.17, 15) is 13.2 Å². The van der Waals surface area contributed by atoms with Crippen LogP contribution in [0.15, 0.2) is 48.5 Å². The number of nitrogens with one attached hydrogen (secondary N) is 1. The lowest BCUT2D eigenvalue weighted by Gasteiger charge is -2.30. The van der Waals surface area contributed by atoms with E-state index in [1.807, 2.05) is 31.2 Å². The molecule has 0 aromatic heterocycles. The first-order chi connectivity index (χ1) is 15.3. The van der Waals surface area contributed by atoms with E-state index in [-0.39, 0.29) is 5.91 Å². The second-order valence-electron chi connectivity index (χ2n) is 7.99. The molecule has 1 fully saturated rings. The number of carbonyl (C=O) groups is 1. The number of piperidine rings is 1. The van der Waals surface area contributed by atoms with Crippen molar-refractivity contribution in [3.05, 3.63) is 48.5 Å². The van der Waals surface area contributed by atoms with Gasteiger partial charge in [0.1, 0.15) is 11.8 Å². The van der Waals surface area contributed by atoms with E-state index in [1.54, 1.807) is 31.2 Å². The van der Waals surface area contributed by atoms with Crippen molar-refractivity contribution in [2.45, 2.75) is 45.6 Å². The molecule has 0 radical (unpaired) electrons. The van der Waals surface area contributed by atoms with Crippen LogP contribution >= 0.6 is 0 Å². The fraction of sp³-hybridized carbons (Fsp3) is 0.458. The molecular weight excluding hydrogens is 426 g/mol. The second-order valence-corrected chi connectivity index (χ2v) is 9.85. The lowest BCUT2D eigenvalue weighted by atomic mass is 10.1. The van der Waals surface area contributed by atoms with Gasteiger partial charge in [-0.3, -0.25) is 9.10 Å². The Morgan fingerprint density at radius 2 is 1.66 bits per heavy atom. The number of sulfonamides is 1. The fourth-order valence-corrected chi connectivity index (χ4v) is 5.26. The largest absolute Gasteiger partial charge is 0.494 e. The summed E-state index contributed by atoms with van der Waals surface area (Å²) in [5.74, 6) is 0.286. The van der Waals surface area contributed by atoms with Gasteiger partial charge in [-0.1, -0.05) is 6.92 Å². The van der Waals surface area contributed by atoms with Crippen LogP contribution in [0.25, 0.3) is 0 Å². The summed E-state index contributed by atoms with van der Waals surface area (Å²) in [5.41, 5.74) is 2.22. The number of rotatable bonds is 9. The summed E-state index contributed by atoms with van der Waals surface area (Å²) < 4.78 is 31.9. The van der Waals surface area contributed by atoms with Crippen molar-refractivity contribution in [2.75, 3.05) is 40.5 Å². The van der Waals surface area contributed by atoms with Crippen molar-refractivity contribution in [1.29, 1.82) is 0 Å². The van der Waals surface area contributed by atoms with E-state index in [0.29, 0.717) is 30.2 Å². The first kappa shape index (κ1) is 23.9. The van der Waals surface area contributed by atoms with Crippen LogP contribution in [-0.4, -0.2) is 46.3 Å². The zero-order chi connectivity index (χ0) is 23.1. The van der Waals surface area contributed by atoms with Crippen molar-refractivity contribution in [2.24, 2.45) is 0 Å². The minimum atomic E-state index is -3.69. The van der Waals surface area contributed by atoms with E-state index < -0.39 is 16.1 Å². The molecule has 0 saturated carbocycles. The minimum absolute atomic E-state index is 0.331. The maximum absolute atomic E-state index is 13.1. The van der Waals surface area contributed by atoms with Crippen LogP contribution in [0.2, 0.25) is 0 Å². The molecule has 32 heavy (non-hydrogen) atoms. The van der Waals surface area contributed by atoms with Crippen LogP contribution in [0.3, 0.4) is 0 Å². The first-order valence-corrected chi connectivity index (χ1v) is 13.1. The highest BCUT2D eigenvalue weighted by Gasteiger charge is 2.31. The molecule has 1 N–H and O–H groups in total. The topological polar surface area (TPSA) is 79.0 Å².